The molecule has 1 amide bonds. The van der Waals surface area contributed by atoms with E-state index in [0.29, 0.717) is 6.54 Å². The van der Waals surface area contributed by atoms with E-state index in [9.17, 15) is 9.90 Å². The molecule has 0 saturated carbocycles. The third-order valence-electron chi connectivity index (χ3n) is 3.78. The van der Waals surface area contributed by atoms with E-state index in [4.69, 9.17) is 0 Å². The first-order chi connectivity index (χ1) is 8.04. The molecule has 0 spiro atoms. The first kappa shape index (κ1) is 14.5. The molecule has 1 rings (SSSR count). The highest BCUT2D eigenvalue weighted by molar-refractivity contribution is 5.78. The summed E-state index contributed by atoms with van der Waals surface area (Å²) in [6, 6.07) is 0. The molecule has 0 aromatic carbocycles. The van der Waals surface area contributed by atoms with Crippen LogP contribution in [0.2, 0.25) is 0 Å². The van der Waals surface area contributed by atoms with Gasteiger partial charge in [0.05, 0.1) is 12.0 Å². The van der Waals surface area contributed by atoms with Crippen molar-refractivity contribution in [2.24, 2.45) is 11.8 Å². The van der Waals surface area contributed by atoms with E-state index in [-0.39, 0.29) is 17.7 Å². The van der Waals surface area contributed by atoms with Gasteiger partial charge < -0.3 is 15.3 Å². The van der Waals surface area contributed by atoms with Crippen LogP contribution in [0.15, 0.2) is 0 Å². The lowest BCUT2D eigenvalue weighted by atomic mass is 9.97. The Labute approximate surface area is 104 Å². The van der Waals surface area contributed by atoms with E-state index in [1.165, 1.54) is 0 Å². The lowest BCUT2D eigenvalue weighted by Crippen LogP contribution is -2.44. The van der Waals surface area contributed by atoms with Gasteiger partial charge in [-0.2, -0.15) is 0 Å². The Kier molecular flexibility index (Phi) is 5.92. The molecule has 2 N–H and O–H groups in total. The summed E-state index contributed by atoms with van der Waals surface area (Å²) in [7, 11) is 2.05. The minimum atomic E-state index is -0.426. The number of carbonyl (C=O) groups is 1. The van der Waals surface area contributed by atoms with Crippen LogP contribution < -0.4 is 5.32 Å². The summed E-state index contributed by atoms with van der Waals surface area (Å²) in [5.41, 5.74) is 0. The molecule has 0 aliphatic carbocycles. The van der Waals surface area contributed by atoms with Crippen LogP contribution in [-0.4, -0.2) is 48.7 Å². The molecule has 4 heteroatoms. The molecule has 17 heavy (non-hydrogen) atoms. The van der Waals surface area contributed by atoms with Gasteiger partial charge in [-0.3, -0.25) is 4.79 Å². The largest absolute Gasteiger partial charge is 0.391 e. The lowest BCUT2D eigenvalue weighted by Gasteiger charge is -2.29. The Hall–Kier alpha value is -0.610. The van der Waals surface area contributed by atoms with Gasteiger partial charge in [0.2, 0.25) is 5.91 Å². The van der Waals surface area contributed by atoms with E-state index in [2.05, 4.69) is 10.2 Å². The second-order valence-electron chi connectivity index (χ2n) is 5.30. The molecule has 1 saturated heterocycles. The smallest absolute Gasteiger partial charge is 0.224 e. The number of nitrogens with one attached hydrogen (secondary N) is 1. The molecule has 4 nitrogen and oxygen atoms in total. The minimum Gasteiger partial charge on any atom is -0.391 e. The third kappa shape index (κ3) is 4.64. The van der Waals surface area contributed by atoms with Crippen LogP contribution in [0, 0.1) is 11.8 Å². The standard InChI is InChI=1S/C13H26N2O2/c1-4-10(2)12(16)8-14-13(17)11-6-5-7-15(3)9-11/h10-12,16H,4-9H2,1-3H3,(H,14,17). The van der Waals surface area contributed by atoms with Gasteiger partial charge >= 0.3 is 0 Å². The van der Waals surface area contributed by atoms with Gasteiger partial charge in [0, 0.05) is 13.1 Å². The summed E-state index contributed by atoms with van der Waals surface area (Å²) in [5.74, 6) is 0.432. The number of aliphatic hydroxyl groups excluding tert-OH is 1. The Morgan fingerprint density at radius 3 is 2.88 bits per heavy atom. The molecule has 3 atom stereocenters. The third-order valence-corrected chi connectivity index (χ3v) is 3.78. The molecule has 100 valence electrons. The maximum atomic E-state index is 11.9. The van der Waals surface area contributed by atoms with Crippen LogP contribution in [0.1, 0.15) is 33.1 Å². The van der Waals surface area contributed by atoms with Crippen molar-refractivity contribution in [1.29, 1.82) is 0 Å². The molecular formula is C13H26N2O2. The van der Waals surface area contributed by atoms with E-state index in [0.717, 1.165) is 32.4 Å². The second-order valence-corrected chi connectivity index (χ2v) is 5.30. The Balaban J connectivity index is 2.29. The Bertz CT molecular complexity index is 246. The average molecular weight is 242 g/mol. The first-order valence-electron chi connectivity index (χ1n) is 6.69. The first-order valence-corrected chi connectivity index (χ1v) is 6.69. The maximum absolute atomic E-state index is 11.9. The normalized spacial score (nSPS) is 25.3. The highest BCUT2D eigenvalue weighted by atomic mass is 16.3. The van der Waals surface area contributed by atoms with Gasteiger partial charge in [-0.25, -0.2) is 0 Å². The molecule has 1 fully saturated rings. The fourth-order valence-electron chi connectivity index (χ4n) is 2.20. The minimum absolute atomic E-state index is 0.0953. The lowest BCUT2D eigenvalue weighted by molar-refractivity contribution is -0.127. The topological polar surface area (TPSA) is 52.6 Å². The SMILES string of the molecule is CCC(C)C(O)CNC(=O)C1CCCN(C)C1. The quantitative estimate of drug-likeness (QED) is 0.751. The Morgan fingerprint density at radius 1 is 1.59 bits per heavy atom. The molecule has 1 aliphatic rings. The van der Waals surface area contributed by atoms with Crippen molar-refractivity contribution < 1.29 is 9.90 Å². The van der Waals surface area contributed by atoms with E-state index in [1.807, 2.05) is 20.9 Å². The van der Waals surface area contributed by atoms with Crippen LogP contribution in [-0.2, 0) is 4.79 Å². The molecule has 3 unspecified atom stereocenters. The summed E-state index contributed by atoms with van der Waals surface area (Å²) < 4.78 is 0. The number of carbonyl (C=O) groups excluding carboxylic acids is 1. The van der Waals surface area contributed by atoms with Gasteiger partial charge in [-0.15, -0.1) is 0 Å². The van der Waals surface area contributed by atoms with Crippen LogP contribution >= 0.6 is 0 Å². The zero-order chi connectivity index (χ0) is 12.8. The van der Waals surface area contributed by atoms with Crippen molar-refractivity contribution in [3.05, 3.63) is 0 Å². The second kappa shape index (κ2) is 6.97. The molecule has 0 bridgehead atoms. The van der Waals surface area contributed by atoms with Crippen molar-refractivity contribution in [2.75, 3.05) is 26.7 Å². The molecule has 0 aromatic heterocycles. The van der Waals surface area contributed by atoms with Gasteiger partial charge in [0.15, 0.2) is 0 Å². The highest BCUT2D eigenvalue weighted by Crippen LogP contribution is 2.15. The fourth-order valence-corrected chi connectivity index (χ4v) is 2.20. The number of rotatable bonds is 5. The number of likely N-dealkylation sites (tertiary alicyclic amines) is 1. The van der Waals surface area contributed by atoms with Crippen molar-refractivity contribution in [3.63, 3.8) is 0 Å². The monoisotopic (exact) mass is 242 g/mol. The predicted octanol–water partition coefficient (Wildman–Crippen LogP) is 0.851. The van der Waals surface area contributed by atoms with Crippen molar-refractivity contribution in [2.45, 2.75) is 39.2 Å². The maximum Gasteiger partial charge on any atom is 0.224 e. The summed E-state index contributed by atoms with van der Waals surface area (Å²) in [4.78, 5) is 14.1. The average Bonchev–Trinajstić information content (AvgIpc) is 2.34. The number of hydrogen-bond donors (Lipinski definition) is 2. The summed E-state index contributed by atoms with van der Waals surface area (Å²) >= 11 is 0. The van der Waals surface area contributed by atoms with E-state index >= 15 is 0 Å². The molecule has 1 aliphatic heterocycles. The molecular weight excluding hydrogens is 216 g/mol. The summed E-state index contributed by atoms with van der Waals surface area (Å²) in [6.45, 7) is 6.36. The van der Waals surface area contributed by atoms with E-state index in [1.54, 1.807) is 0 Å². The van der Waals surface area contributed by atoms with Crippen LogP contribution in [0.5, 0.6) is 0 Å². The van der Waals surface area contributed by atoms with Crippen LogP contribution in [0.3, 0.4) is 0 Å². The number of piperidine rings is 1. The fraction of sp³-hybridized carbons (Fsp3) is 0.923. The molecule has 0 radical (unpaired) electrons. The van der Waals surface area contributed by atoms with E-state index < -0.39 is 6.10 Å². The van der Waals surface area contributed by atoms with Crippen molar-refractivity contribution >= 4 is 5.91 Å². The van der Waals surface area contributed by atoms with Gasteiger partial charge in [-0.05, 0) is 32.4 Å². The number of aliphatic hydroxyl groups is 1. The van der Waals surface area contributed by atoms with Crippen molar-refractivity contribution in [3.8, 4) is 0 Å². The number of hydrogen-bond acceptors (Lipinski definition) is 3. The zero-order valence-electron chi connectivity index (χ0n) is 11.3. The summed E-state index contributed by atoms with van der Waals surface area (Å²) in [6.07, 6.45) is 2.56. The predicted molar refractivity (Wildman–Crippen MR) is 68.7 cm³/mol. The summed E-state index contributed by atoms with van der Waals surface area (Å²) in [5, 5.41) is 12.7. The van der Waals surface area contributed by atoms with Gasteiger partial charge in [-0.1, -0.05) is 20.3 Å². The number of nitrogens with zero attached hydrogens (tertiary/aromatic N) is 1. The number of amides is 1. The molecule has 0 aromatic rings. The molecule has 1 heterocycles. The van der Waals surface area contributed by atoms with Gasteiger partial charge in [0.1, 0.15) is 0 Å². The van der Waals surface area contributed by atoms with Crippen LogP contribution in [0.4, 0.5) is 0 Å². The van der Waals surface area contributed by atoms with Crippen molar-refractivity contribution in [1.82, 2.24) is 10.2 Å². The van der Waals surface area contributed by atoms with Crippen LogP contribution in [0.25, 0.3) is 0 Å². The Morgan fingerprint density at radius 2 is 2.29 bits per heavy atom. The zero-order valence-corrected chi connectivity index (χ0v) is 11.3. The van der Waals surface area contributed by atoms with Gasteiger partial charge in [0.25, 0.3) is 0 Å². The highest BCUT2D eigenvalue weighted by Gasteiger charge is 2.24.